The fourth-order valence-electron chi connectivity index (χ4n) is 7.05. The summed E-state index contributed by atoms with van der Waals surface area (Å²) in [6, 6.07) is 50.5. The van der Waals surface area contributed by atoms with Gasteiger partial charge in [-0.2, -0.15) is 0 Å². The number of hydrogen-bond acceptors (Lipinski definition) is 8. The lowest BCUT2D eigenvalue weighted by Crippen LogP contribution is -2.38. The standard InChI is InChI=1S/C27H25O4P.C26H29NO4/c1-2-21-31-27(30)26(25(29)19-12-20-28)32(22-13-6-3-7-14-22,23-15-8-4-9-16-23)24-17-10-5-11-18-24;1-18-5-7-20(8-6-18)16-27-26(28)17-31-22-11-9-21(10-12-22)19(2)24-14-13-23(29-3)15-25(24)30-4/h2-11,13-18,20H,1,12,19,21H2;5-15,19H,16-17H2,1-4H3,(H,27,28). The summed E-state index contributed by atoms with van der Waals surface area (Å²) in [4.78, 5) is 50.2. The van der Waals surface area contributed by atoms with Crippen molar-refractivity contribution < 1.29 is 38.1 Å². The van der Waals surface area contributed by atoms with Crippen molar-refractivity contribution in [2.24, 2.45) is 0 Å². The van der Waals surface area contributed by atoms with E-state index >= 15 is 0 Å². The summed E-state index contributed by atoms with van der Waals surface area (Å²) >= 11 is 0. The normalized spacial score (nSPS) is 11.1. The second-order valence-electron chi connectivity index (χ2n) is 14.5. The monoisotopic (exact) mass is 863 g/mol. The smallest absolute Gasteiger partial charge is 0.343 e. The van der Waals surface area contributed by atoms with Crippen LogP contribution in [0.3, 0.4) is 0 Å². The van der Waals surface area contributed by atoms with Crippen LogP contribution >= 0.6 is 6.89 Å². The third-order valence-corrected chi connectivity index (χ3v) is 14.6. The topological polar surface area (TPSA) is 117 Å². The number of carbonyl (C=O) groups is 4. The molecular formula is C53H54NO8P. The average Bonchev–Trinajstić information content (AvgIpc) is 3.34. The van der Waals surface area contributed by atoms with Crippen LogP contribution in [0.15, 0.2) is 170 Å². The van der Waals surface area contributed by atoms with Crippen LogP contribution in [0.4, 0.5) is 0 Å². The fourth-order valence-corrected chi connectivity index (χ4v) is 11.4. The van der Waals surface area contributed by atoms with Gasteiger partial charge in [0.25, 0.3) is 5.91 Å². The largest absolute Gasteiger partial charge is 0.497 e. The van der Waals surface area contributed by atoms with Gasteiger partial charge in [-0.1, -0.05) is 159 Å². The van der Waals surface area contributed by atoms with E-state index < -0.39 is 12.9 Å². The molecule has 0 bridgehead atoms. The predicted molar refractivity (Wildman–Crippen MR) is 254 cm³/mol. The molecule has 6 aromatic carbocycles. The van der Waals surface area contributed by atoms with Crippen LogP contribution in [-0.2, 0) is 30.5 Å². The Labute approximate surface area is 370 Å². The van der Waals surface area contributed by atoms with Crippen LogP contribution in [0.2, 0.25) is 0 Å². The second-order valence-corrected chi connectivity index (χ2v) is 17.8. The van der Waals surface area contributed by atoms with Crippen LogP contribution in [0.25, 0.3) is 0 Å². The minimum absolute atomic E-state index is 0.0122. The number of rotatable bonds is 19. The van der Waals surface area contributed by atoms with Gasteiger partial charge in [-0.05, 0) is 59.0 Å². The number of methoxy groups -OCH3 is 2. The number of ketones is 1. The predicted octanol–water partition coefficient (Wildman–Crippen LogP) is 8.29. The zero-order chi connectivity index (χ0) is 45.0. The summed E-state index contributed by atoms with van der Waals surface area (Å²) in [6.45, 7) is 5.32. The highest BCUT2D eigenvalue weighted by Crippen LogP contribution is 2.47. The van der Waals surface area contributed by atoms with E-state index in [1.807, 2.05) is 165 Å². The Morgan fingerprint density at radius 2 is 1.27 bits per heavy atom. The van der Waals surface area contributed by atoms with Gasteiger partial charge in [-0.3, -0.25) is 9.59 Å². The highest BCUT2D eigenvalue weighted by atomic mass is 31.2. The van der Waals surface area contributed by atoms with Gasteiger partial charge in [0.05, 0.1) is 14.2 Å². The van der Waals surface area contributed by atoms with Gasteiger partial charge < -0.3 is 29.1 Å². The SMILES string of the molecule is C=CCOC(=O)C(C(=O)CCC=O)=P(c1ccccc1)(c1ccccc1)c1ccccc1.COc1ccc(C(C)c2ccc(OCC(=O)NCc3ccc(C)cc3)cc2)c(OC)c1. The minimum atomic E-state index is -2.91. The number of hydrogen-bond donors (Lipinski definition) is 1. The molecule has 6 rings (SSSR count). The van der Waals surface area contributed by atoms with Crippen molar-refractivity contribution in [2.75, 3.05) is 27.4 Å². The zero-order valence-electron chi connectivity index (χ0n) is 36.2. The molecule has 0 spiro atoms. The fraction of sp³-hybridized carbons (Fsp3) is 0.189. The number of aryl methyl sites for hydroxylation is 1. The maximum Gasteiger partial charge on any atom is 0.343 e. The van der Waals surface area contributed by atoms with Gasteiger partial charge in [0.2, 0.25) is 0 Å². The Morgan fingerprint density at radius 3 is 1.78 bits per heavy atom. The van der Waals surface area contributed by atoms with Crippen molar-refractivity contribution in [3.05, 3.63) is 193 Å². The molecule has 10 heteroatoms. The molecule has 9 nitrogen and oxygen atoms in total. The number of amides is 1. The van der Waals surface area contributed by atoms with Crippen molar-refractivity contribution >= 4 is 52.0 Å². The maximum absolute atomic E-state index is 13.6. The van der Waals surface area contributed by atoms with Crippen molar-refractivity contribution in [2.45, 2.75) is 39.2 Å². The third-order valence-electron chi connectivity index (χ3n) is 10.3. The highest BCUT2D eigenvalue weighted by molar-refractivity contribution is 7.97. The van der Waals surface area contributed by atoms with Crippen molar-refractivity contribution in [3.63, 3.8) is 0 Å². The lowest BCUT2D eigenvalue weighted by Gasteiger charge is -2.31. The van der Waals surface area contributed by atoms with Crippen molar-refractivity contribution in [1.82, 2.24) is 5.32 Å². The lowest BCUT2D eigenvalue weighted by molar-refractivity contribution is -0.135. The van der Waals surface area contributed by atoms with Crippen LogP contribution in [0, 0.1) is 6.92 Å². The first kappa shape index (κ1) is 47.1. The van der Waals surface area contributed by atoms with Crippen molar-refractivity contribution in [1.29, 1.82) is 0 Å². The Hall–Kier alpha value is -6.96. The Morgan fingerprint density at radius 1 is 0.714 bits per heavy atom. The van der Waals surface area contributed by atoms with Crippen LogP contribution in [-0.4, -0.2) is 56.7 Å². The van der Waals surface area contributed by atoms with E-state index in [1.165, 1.54) is 11.6 Å². The summed E-state index contributed by atoms with van der Waals surface area (Å²) in [5.74, 6) is 1.13. The summed E-state index contributed by atoms with van der Waals surface area (Å²) in [5.41, 5.74) is 4.46. The van der Waals surface area contributed by atoms with Crippen molar-refractivity contribution in [3.8, 4) is 17.2 Å². The van der Waals surface area contributed by atoms with E-state index in [-0.39, 0.29) is 49.0 Å². The number of carbonyl (C=O) groups excluding carboxylic acids is 4. The molecule has 0 heterocycles. The van der Waals surface area contributed by atoms with Gasteiger partial charge in [-0.25, -0.2) is 4.79 Å². The first-order chi connectivity index (χ1) is 30.7. The van der Waals surface area contributed by atoms with Gasteiger partial charge >= 0.3 is 5.97 Å². The van der Waals surface area contributed by atoms with Crippen LogP contribution < -0.4 is 35.4 Å². The lowest BCUT2D eigenvalue weighted by atomic mass is 9.92. The molecular weight excluding hydrogens is 810 g/mol. The number of nitrogens with one attached hydrogen (secondary N) is 1. The average molecular weight is 864 g/mol. The van der Waals surface area contributed by atoms with Crippen LogP contribution in [0.5, 0.6) is 17.2 Å². The van der Waals surface area contributed by atoms with Crippen LogP contribution in [0.1, 0.15) is 47.9 Å². The maximum atomic E-state index is 13.6. The first-order valence-electron chi connectivity index (χ1n) is 20.6. The third kappa shape index (κ3) is 12.3. The van der Waals surface area contributed by atoms with Gasteiger partial charge in [0, 0.05) is 36.9 Å². The first-order valence-corrected chi connectivity index (χ1v) is 22.4. The Balaban J connectivity index is 0.000000238. The van der Waals surface area contributed by atoms with Gasteiger partial charge in [-0.15, -0.1) is 0 Å². The molecule has 63 heavy (non-hydrogen) atoms. The van der Waals surface area contributed by atoms with E-state index in [2.05, 4.69) is 18.8 Å². The molecule has 0 aliphatic rings. The molecule has 0 aliphatic heterocycles. The number of Topliss-reactive ketones (excluding diaryl/α,β-unsaturated/α-hetero) is 1. The van der Waals surface area contributed by atoms with Gasteiger partial charge in [0.1, 0.15) is 35.4 Å². The molecule has 1 N–H and O–H groups in total. The highest BCUT2D eigenvalue weighted by Gasteiger charge is 2.37. The second kappa shape index (κ2) is 23.9. The van der Waals surface area contributed by atoms with Gasteiger partial charge in [0.15, 0.2) is 12.4 Å². The Bertz CT molecular complexity index is 2360. The zero-order valence-corrected chi connectivity index (χ0v) is 37.1. The molecule has 6 aromatic rings. The molecule has 0 fully saturated rings. The molecule has 0 saturated carbocycles. The van der Waals surface area contributed by atoms with E-state index in [1.54, 1.807) is 14.2 Å². The minimum Gasteiger partial charge on any atom is -0.497 e. The molecule has 0 saturated heterocycles. The summed E-state index contributed by atoms with van der Waals surface area (Å²) < 4.78 is 21.9. The quantitative estimate of drug-likeness (QED) is 0.0285. The Kier molecular flexibility index (Phi) is 17.9. The summed E-state index contributed by atoms with van der Waals surface area (Å²) in [5, 5.41) is 5.55. The molecule has 0 aromatic heterocycles. The number of ether oxygens (including phenoxy) is 4. The molecule has 1 unspecified atom stereocenters. The summed E-state index contributed by atoms with van der Waals surface area (Å²) in [7, 11) is 3.30. The van der Waals surface area contributed by atoms with E-state index in [0.29, 0.717) is 18.6 Å². The van der Waals surface area contributed by atoms with E-state index in [0.717, 1.165) is 44.1 Å². The molecule has 324 valence electrons. The van der Waals surface area contributed by atoms with E-state index in [4.69, 9.17) is 18.9 Å². The number of benzene rings is 6. The molecule has 1 amide bonds. The van der Waals surface area contributed by atoms with E-state index in [9.17, 15) is 19.2 Å². The molecule has 0 aliphatic carbocycles. The molecule has 1 atom stereocenters. The molecule has 0 radical (unpaired) electrons. The number of esters is 1. The number of aldehydes is 1. The summed E-state index contributed by atoms with van der Waals surface area (Å²) in [6.07, 6.45) is 2.14.